The van der Waals surface area contributed by atoms with E-state index >= 15 is 0 Å². The second kappa shape index (κ2) is 6.23. The highest BCUT2D eigenvalue weighted by Gasteiger charge is 2.13. The van der Waals surface area contributed by atoms with Gasteiger partial charge in [-0.15, -0.1) is 0 Å². The summed E-state index contributed by atoms with van der Waals surface area (Å²) in [5.74, 6) is 4.01. The maximum absolute atomic E-state index is 13.1. The molecule has 0 spiro atoms. The SMILES string of the molecule is COC(=O)c1cc(C#CCCBr)cnc1F. The number of carbonyl (C=O) groups is 1. The minimum atomic E-state index is -0.849. The number of halogens is 2. The zero-order valence-corrected chi connectivity index (χ0v) is 10.2. The number of alkyl halides is 1. The van der Waals surface area contributed by atoms with Crippen LogP contribution in [-0.4, -0.2) is 23.4 Å². The quantitative estimate of drug-likeness (QED) is 0.362. The van der Waals surface area contributed by atoms with Crippen LogP contribution in [0.4, 0.5) is 4.39 Å². The van der Waals surface area contributed by atoms with E-state index in [1.165, 1.54) is 19.4 Å². The molecule has 84 valence electrons. The summed E-state index contributed by atoms with van der Waals surface area (Å²) in [6, 6.07) is 1.33. The van der Waals surface area contributed by atoms with Gasteiger partial charge in [-0.05, 0) is 6.07 Å². The van der Waals surface area contributed by atoms with Crippen LogP contribution in [0, 0.1) is 17.8 Å². The number of hydrogen-bond acceptors (Lipinski definition) is 3. The summed E-state index contributed by atoms with van der Waals surface area (Å²) in [6.45, 7) is 0. The second-order valence-corrected chi connectivity index (χ2v) is 3.59. The molecule has 0 saturated carbocycles. The third-order valence-electron chi connectivity index (χ3n) is 1.70. The van der Waals surface area contributed by atoms with Crippen molar-refractivity contribution >= 4 is 21.9 Å². The van der Waals surface area contributed by atoms with Crippen LogP contribution in [0.2, 0.25) is 0 Å². The molecule has 0 saturated heterocycles. The molecular formula is C11H9BrFNO2. The molecular weight excluding hydrogens is 277 g/mol. The predicted molar refractivity (Wildman–Crippen MR) is 60.8 cm³/mol. The molecule has 0 N–H and O–H groups in total. The lowest BCUT2D eigenvalue weighted by atomic mass is 10.2. The van der Waals surface area contributed by atoms with Gasteiger partial charge >= 0.3 is 5.97 Å². The average molecular weight is 286 g/mol. The van der Waals surface area contributed by atoms with Crippen molar-refractivity contribution < 1.29 is 13.9 Å². The van der Waals surface area contributed by atoms with Crippen LogP contribution in [0.5, 0.6) is 0 Å². The molecule has 0 aliphatic heterocycles. The molecule has 3 nitrogen and oxygen atoms in total. The van der Waals surface area contributed by atoms with Gasteiger partial charge in [0.1, 0.15) is 5.56 Å². The van der Waals surface area contributed by atoms with E-state index in [4.69, 9.17) is 0 Å². The number of hydrogen-bond donors (Lipinski definition) is 0. The highest BCUT2D eigenvalue weighted by atomic mass is 79.9. The molecule has 0 amide bonds. The molecule has 0 bridgehead atoms. The molecule has 1 rings (SSSR count). The molecule has 0 atom stereocenters. The first kappa shape index (κ1) is 12.7. The summed E-state index contributed by atoms with van der Waals surface area (Å²) in [5, 5.41) is 0.762. The molecule has 0 aliphatic carbocycles. The molecule has 1 aromatic heterocycles. The van der Waals surface area contributed by atoms with Gasteiger partial charge in [0, 0.05) is 23.5 Å². The van der Waals surface area contributed by atoms with E-state index in [1.807, 2.05) is 0 Å². The number of carbonyl (C=O) groups excluding carboxylic acids is 1. The Hall–Kier alpha value is -1.41. The van der Waals surface area contributed by atoms with E-state index in [0.717, 1.165) is 5.33 Å². The van der Waals surface area contributed by atoms with Gasteiger partial charge in [-0.1, -0.05) is 27.8 Å². The van der Waals surface area contributed by atoms with Crippen LogP contribution in [0.25, 0.3) is 0 Å². The zero-order valence-electron chi connectivity index (χ0n) is 8.59. The Morgan fingerprint density at radius 2 is 2.44 bits per heavy atom. The normalized spacial score (nSPS) is 9.19. The Bertz CT molecular complexity index is 451. The van der Waals surface area contributed by atoms with Gasteiger partial charge in [-0.2, -0.15) is 4.39 Å². The van der Waals surface area contributed by atoms with Crippen molar-refractivity contribution in [3.8, 4) is 11.8 Å². The van der Waals surface area contributed by atoms with Crippen molar-refractivity contribution in [2.24, 2.45) is 0 Å². The fourth-order valence-electron chi connectivity index (χ4n) is 0.981. The molecule has 0 unspecified atom stereocenters. The van der Waals surface area contributed by atoms with Gasteiger partial charge in [0.25, 0.3) is 0 Å². The van der Waals surface area contributed by atoms with E-state index in [-0.39, 0.29) is 5.56 Å². The lowest BCUT2D eigenvalue weighted by molar-refractivity contribution is 0.0594. The number of nitrogens with zero attached hydrogens (tertiary/aromatic N) is 1. The largest absolute Gasteiger partial charge is 0.465 e. The van der Waals surface area contributed by atoms with Crippen LogP contribution < -0.4 is 0 Å². The molecule has 5 heteroatoms. The van der Waals surface area contributed by atoms with Crippen LogP contribution >= 0.6 is 15.9 Å². The molecule has 0 aliphatic rings. The van der Waals surface area contributed by atoms with Crippen molar-refractivity contribution in [3.05, 3.63) is 29.3 Å². The lowest BCUT2D eigenvalue weighted by Crippen LogP contribution is -2.06. The Morgan fingerprint density at radius 3 is 3.06 bits per heavy atom. The van der Waals surface area contributed by atoms with Gasteiger partial charge in [0.15, 0.2) is 0 Å². The standard InChI is InChI=1S/C11H9BrFNO2/c1-16-11(15)9-6-8(4-2-3-5-12)7-14-10(9)13/h6-7H,3,5H2,1H3. The second-order valence-electron chi connectivity index (χ2n) is 2.79. The molecule has 0 fully saturated rings. The first-order chi connectivity index (χ1) is 7.69. The maximum atomic E-state index is 13.1. The van der Waals surface area contributed by atoms with E-state index in [2.05, 4.69) is 37.5 Å². The third-order valence-corrected chi connectivity index (χ3v) is 2.09. The summed E-state index contributed by atoms with van der Waals surface area (Å²) >= 11 is 3.23. The summed E-state index contributed by atoms with van der Waals surface area (Å²) < 4.78 is 17.6. The summed E-state index contributed by atoms with van der Waals surface area (Å²) in [7, 11) is 1.19. The first-order valence-electron chi connectivity index (χ1n) is 4.47. The average Bonchev–Trinajstić information content (AvgIpc) is 2.30. The first-order valence-corrected chi connectivity index (χ1v) is 5.60. The van der Waals surface area contributed by atoms with Crippen LogP contribution in [0.3, 0.4) is 0 Å². The number of pyridine rings is 1. The molecule has 1 heterocycles. The molecule has 0 aromatic carbocycles. The molecule has 16 heavy (non-hydrogen) atoms. The van der Waals surface area contributed by atoms with Crippen molar-refractivity contribution in [2.75, 3.05) is 12.4 Å². The topological polar surface area (TPSA) is 39.2 Å². The summed E-state index contributed by atoms with van der Waals surface area (Å²) in [4.78, 5) is 14.6. The van der Waals surface area contributed by atoms with Crippen molar-refractivity contribution in [2.45, 2.75) is 6.42 Å². The predicted octanol–water partition coefficient (Wildman–Crippen LogP) is 2.14. The zero-order chi connectivity index (χ0) is 12.0. The van der Waals surface area contributed by atoms with Gasteiger partial charge in [-0.25, -0.2) is 9.78 Å². The van der Waals surface area contributed by atoms with Gasteiger partial charge in [0.2, 0.25) is 5.95 Å². The summed E-state index contributed by atoms with van der Waals surface area (Å²) in [6.07, 6.45) is 1.95. The highest BCUT2D eigenvalue weighted by molar-refractivity contribution is 9.09. The minimum Gasteiger partial charge on any atom is -0.465 e. The van der Waals surface area contributed by atoms with Crippen LogP contribution in [0.15, 0.2) is 12.3 Å². The summed E-state index contributed by atoms with van der Waals surface area (Å²) in [5.41, 5.74) is 0.288. The Labute approximate surface area is 101 Å². The maximum Gasteiger partial charge on any atom is 0.342 e. The monoisotopic (exact) mass is 285 g/mol. The van der Waals surface area contributed by atoms with E-state index in [1.54, 1.807) is 0 Å². The van der Waals surface area contributed by atoms with Gasteiger partial charge in [-0.3, -0.25) is 0 Å². The fourth-order valence-corrected chi connectivity index (χ4v) is 1.18. The van der Waals surface area contributed by atoms with Gasteiger partial charge < -0.3 is 4.74 Å². The number of rotatable bonds is 2. The lowest BCUT2D eigenvalue weighted by Gasteiger charge is -2.00. The molecule has 1 aromatic rings. The highest BCUT2D eigenvalue weighted by Crippen LogP contribution is 2.08. The Kier molecular flexibility index (Phi) is 4.93. The number of ether oxygens (including phenoxy) is 1. The number of methoxy groups -OCH3 is 1. The van der Waals surface area contributed by atoms with E-state index in [0.29, 0.717) is 12.0 Å². The van der Waals surface area contributed by atoms with Crippen LogP contribution in [-0.2, 0) is 4.74 Å². The molecule has 0 radical (unpaired) electrons. The van der Waals surface area contributed by atoms with Crippen molar-refractivity contribution in [3.63, 3.8) is 0 Å². The third kappa shape index (κ3) is 3.31. The Balaban J connectivity index is 2.99. The minimum absolute atomic E-state index is 0.201. The Morgan fingerprint density at radius 1 is 1.69 bits per heavy atom. The van der Waals surface area contributed by atoms with E-state index in [9.17, 15) is 9.18 Å². The fraction of sp³-hybridized carbons (Fsp3) is 0.273. The number of esters is 1. The van der Waals surface area contributed by atoms with Crippen molar-refractivity contribution in [1.29, 1.82) is 0 Å². The number of aromatic nitrogens is 1. The van der Waals surface area contributed by atoms with Gasteiger partial charge in [0.05, 0.1) is 7.11 Å². The smallest absolute Gasteiger partial charge is 0.342 e. The van der Waals surface area contributed by atoms with Crippen LogP contribution in [0.1, 0.15) is 22.3 Å². The van der Waals surface area contributed by atoms with E-state index < -0.39 is 11.9 Å². The van der Waals surface area contributed by atoms with Crippen molar-refractivity contribution in [1.82, 2.24) is 4.98 Å².